The maximum atomic E-state index is 6.58. The lowest BCUT2D eigenvalue weighted by molar-refractivity contribution is -0.536. The minimum Gasteiger partial charge on any atom is -1.00 e. The van der Waals surface area contributed by atoms with E-state index in [0.29, 0.717) is 0 Å². The first-order valence-electron chi connectivity index (χ1n) is 11.3. The molecule has 4 nitrogen and oxygen atoms in total. The maximum Gasteiger partial charge on any atom is 0.240 e. The van der Waals surface area contributed by atoms with E-state index in [-0.39, 0.29) is 12.4 Å². The van der Waals surface area contributed by atoms with Crippen LogP contribution in [0.4, 0.5) is 11.4 Å². The molecule has 0 unspecified atom stereocenters. The van der Waals surface area contributed by atoms with Crippen molar-refractivity contribution in [3.63, 3.8) is 0 Å². The Morgan fingerprint density at radius 3 is 1.54 bits per heavy atom. The Kier molecular flexibility index (Phi) is 4.73. The van der Waals surface area contributed by atoms with E-state index >= 15 is 0 Å². The summed E-state index contributed by atoms with van der Waals surface area (Å²) in [5, 5.41) is 6.41. The summed E-state index contributed by atoms with van der Waals surface area (Å²) in [4.78, 5) is 5.25. The number of nitrogens with zero attached hydrogens (tertiary/aromatic N) is 2. The number of rotatable bonds is 1. The lowest BCUT2D eigenvalue weighted by atomic mass is 10.0. The highest BCUT2D eigenvalue weighted by molar-refractivity contribution is 6.14. The highest BCUT2D eigenvalue weighted by Crippen LogP contribution is 2.34. The van der Waals surface area contributed by atoms with Crippen molar-refractivity contribution in [2.75, 3.05) is 11.5 Å². The van der Waals surface area contributed by atoms with Crippen molar-refractivity contribution in [1.29, 1.82) is 0 Å². The van der Waals surface area contributed by atoms with Gasteiger partial charge < -0.3 is 23.9 Å². The van der Waals surface area contributed by atoms with E-state index in [9.17, 15) is 0 Å². The second-order valence-corrected chi connectivity index (χ2v) is 8.70. The number of anilines is 2. The smallest absolute Gasteiger partial charge is 0.240 e. The van der Waals surface area contributed by atoms with E-state index in [1.807, 2.05) is 36.4 Å². The molecule has 0 saturated carbocycles. The number of hydrogen-bond acceptors (Lipinski definition) is 3. The molecular weight excluding hydrogens is 452 g/mol. The van der Waals surface area contributed by atoms with Crippen molar-refractivity contribution in [2.24, 2.45) is 0 Å². The Morgan fingerprint density at radius 1 is 0.514 bits per heavy atom. The Labute approximate surface area is 207 Å². The van der Waals surface area contributed by atoms with Crippen molar-refractivity contribution in [3.05, 3.63) is 103 Å². The summed E-state index contributed by atoms with van der Waals surface area (Å²) in [6, 6.07) is 35.3. The van der Waals surface area contributed by atoms with Crippen LogP contribution in [0.3, 0.4) is 0 Å². The molecule has 1 aromatic heterocycles. The van der Waals surface area contributed by atoms with E-state index in [4.69, 9.17) is 16.5 Å². The minimum absolute atomic E-state index is 0. The van der Waals surface area contributed by atoms with Crippen LogP contribution >= 0.6 is 0 Å². The molecular formula is C30H21ClN4. The third-order valence-electron chi connectivity index (χ3n) is 6.77. The predicted octanol–water partition coefficient (Wildman–Crippen LogP) is 3.29. The van der Waals surface area contributed by atoms with E-state index in [0.717, 1.165) is 66.1 Å². The molecule has 0 bridgehead atoms. The van der Waals surface area contributed by atoms with Crippen LogP contribution < -0.4 is 28.4 Å². The molecule has 0 aliphatic rings. The SMILES string of the molecule is Nc1cc2c(nc3c4ccccc4c(N)cc3[n+]2-c2cccc3ccccc23)c2ccccc12.[Cl-]. The molecule has 5 heteroatoms. The van der Waals surface area contributed by atoms with Gasteiger partial charge in [-0.25, -0.2) is 4.98 Å². The Morgan fingerprint density at radius 2 is 0.971 bits per heavy atom. The second kappa shape index (κ2) is 7.83. The molecule has 4 N–H and O–H groups in total. The molecule has 0 saturated heterocycles. The van der Waals surface area contributed by atoms with Gasteiger partial charge in [-0.05, 0) is 11.5 Å². The van der Waals surface area contributed by atoms with Crippen LogP contribution in [0.15, 0.2) is 103 Å². The number of benzene rings is 6. The highest BCUT2D eigenvalue weighted by atomic mass is 35.5. The van der Waals surface area contributed by atoms with Gasteiger partial charge in [-0.3, -0.25) is 0 Å². The summed E-state index contributed by atoms with van der Waals surface area (Å²) >= 11 is 0. The van der Waals surface area contributed by atoms with Gasteiger partial charge in [0, 0.05) is 51.1 Å². The summed E-state index contributed by atoms with van der Waals surface area (Å²) in [6.07, 6.45) is 0. The second-order valence-electron chi connectivity index (χ2n) is 8.70. The van der Waals surface area contributed by atoms with Crippen LogP contribution in [0.5, 0.6) is 0 Å². The average molecular weight is 473 g/mol. The molecule has 0 radical (unpaired) electrons. The summed E-state index contributed by atoms with van der Waals surface area (Å²) in [6.45, 7) is 0. The van der Waals surface area contributed by atoms with Crippen LogP contribution in [0.25, 0.3) is 60.1 Å². The minimum atomic E-state index is 0. The Hall–Kier alpha value is -4.41. The summed E-state index contributed by atoms with van der Waals surface area (Å²) in [5.41, 5.74) is 19.4. The number of halogens is 1. The third-order valence-corrected chi connectivity index (χ3v) is 6.77. The molecule has 0 spiro atoms. The zero-order chi connectivity index (χ0) is 22.8. The van der Waals surface area contributed by atoms with Crippen molar-refractivity contribution >= 4 is 65.8 Å². The fourth-order valence-corrected chi connectivity index (χ4v) is 5.23. The van der Waals surface area contributed by atoms with Gasteiger partial charge in [0.15, 0.2) is 0 Å². The van der Waals surface area contributed by atoms with Crippen LogP contribution in [0.1, 0.15) is 0 Å². The zero-order valence-corrected chi connectivity index (χ0v) is 19.5. The Balaban J connectivity index is 0.00000229. The monoisotopic (exact) mass is 472 g/mol. The molecule has 1 heterocycles. The van der Waals surface area contributed by atoms with E-state index < -0.39 is 0 Å². The predicted molar refractivity (Wildman–Crippen MR) is 142 cm³/mol. The van der Waals surface area contributed by atoms with Gasteiger partial charge in [-0.15, -0.1) is 4.57 Å². The maximum absolute atomic E-state index is 6.58. The standard InChI is InChI=1S/C30H20N4.ClH/c31-24-16-27-29(22-13-5-3-11-20(22)24)33-30-23-14-6-4-12-21(23)25(32)17-28(30)34(27)26-15-7-9-18-8-1-2-10-19(18)26;/h1-17H,(H3,31,32);1H. The molecule has 7 aromatic rings. The van der Waals surface area contributed by atoms with Crippen molar-refractivity contribution < 1.29 is 17.0 Å². The average Bonchev–Trinajstić information content (AvgIpc) is 2.88. The third kappa shape index (κ3) is 3.00. The molecule has 0 amide bonds. The van der Waals surface area contributed by atoms with Crippen molar-refractivity contribution in [2.45, 2.75) is 0 Å². The molecule has 6 aromatic carbocycles. The van der Waals surface area contributed by atoms with Gasteiger partial charge in [-0.2, -0.15) is 0 Å². The number of aromatic nitrogens is 2. The number of hydrogen-bond donors (Lipinski definition) is 2. The van der Waals surface area contributed by atoms with Crippen LogP contribution in [-0.4, -0.2) is 4.98 Å². The summed E-state index contributed by atoms with van der Waals surface area (Å²) < 4.78 is 2.27. The van der Waals surface area contributed by atoms with Crippen LogP contribution in [0.2, 0.25) is 0 Å². The van der Waals surface area contributed by atoms with Gasteiger partial charge >= 0.3 is 0 Å². The molecule has 0 fully saturated rings. The summed E-state index contributed by atoms with van der Waals surface area (Å²) in [7, 11) is 0. The topological polar surface area (TPSA) is 68.8 Å². The van der Waals surface area contributed by atoms with Gasteiger partial charge in [0.2, 0.25) is 16.7 Å². The Bertz CT molecular complexity index is 1840. The fourth-order valence-electron chi connectivity index (χ4n) is 5.23. The van der Waals surface area contributed by atoms with Gasteiger partial charge in [-0.1, -0.05) is 78.9 Å². The lowest BCUT2D eigenvalue weighted by Crippen LogP contribution is -3.00. The lowest BCUT2D eigenvalue weighted by Gasteiger charge is -2.12. The normalized spacial score (nSPS) is 11.4. The molecule has 0 aliphatic carbocycles. The first-order chi connectivity index (χ1) is 16.7. The van der Waals surface area contributed by atoms with Gasteiger partial charge in [0.25, 0.3) is 0 Å². The van der Waals surface area contributed by atoms with E-state index in [2.05, 4.69) is 71.3 Å². The van der Waals surface area contributed by atoms with E-state index in [1.54, 1.807) is 0 Å². The van der Waals surface area contributed by atoms with Gasteiger partial charge in [0.1, 0.15) is 11.0 Å². The molecule has 0 atom stereocenters. The van der Waals surface area contributed by atoms with E-state index in [1.165, 1.54) is 5.39 Å². The number of fused-ring (bicyclic) bond motifs is 7. The van der Waals surface area contributed by atoms with Gasteiger partial charge in [0.05, 0.1) is 5.39 Å². The fraction of sp³-hybridized carbons (Fsp3) is 0. The largest absolute Gasteiger partial charge is 1.00 e. The molecule has 7 rings (SSSR count). The molecule has 0 aliphatic heterocycles. The molecule has 168 valence electrons. The quantitative estimate of drug-likeness (QED) is 0.167. The number of nitrogen functional groups attached to an aromatic ring is 2. The van der Waals surface area contributed by atoms with Crippen LogP contribution in [-0.2, 0) is 0 Å². The van der Waals surface area contributed by atoms with Crippen LogP contribution in [0, 0.1) is 0 Å². The number of nitrogens with two attached hydrogens (primary N) is 2. The summed E-state index contributed by atoms with van der Waals surface area (Å²) in [5.74, 6) is 0. The highest BCUT2D eigenvalue weighted by Gasteiger charge is 2.25. The van der Waals surface area contributed by atoms with Crippen molar-refractivity contribution in [3.8, 4) is 5.69 Å². The zero-order valence-electron chi connectivity index (χ0n) is 18.7. The molecule has 35 heavy (non-hydrogen) atoms. The first-order valence-corrected chi connectivity index (χ1v) is 11.3. The first kappa shape index (κ1) is 21.1. The van der Waals surface area contributed by atoms with Crippen molar-refractivity contribution in [1.82, 2.24) is 4.98 Å².